The number of methoxy groups -OCH3 is 1. The molecule has 3 heteroatoms. The van der Waals surface area contributed by atoms with E-state index in [-0.39, 0.29) is 5.78 Å². The Labute approximate surface area is 158 Å². The van der Waals surface area contributed by atoms with Crippen molar-refractivity contribution in [3.63, 3.8) is 0 Å². The zero-order valence-corrected chi connectivity index (χ0v) is 15.1. The minimum atomic E-state index is -0.00852. The number of benzene rings is 2. The molecule has 0 unspecified atom stereocenters. The van der Waals surface area contributed by atoms with Gasteiger partial charge in [0.25, 0.3) is 0 Å². The number of aromatic nitrogens is 1. The number of pyridine rings is 1. The van der Waals surface area contributed by atoms with Crippen molar-refractivity contribution in [3.05, 3.63) is 107 Å². The third-order valence-corrected chi connectivity index (χ3v) is 4.64. The number of carbonyl (C=O) groups excluding carboxylic acids is 1. The average Bonchev–Trinajstić information content (AvgIpc) is 3.02. The topological polar surface area (TPSA) is 39.2 Å². The first-order chi connectivity index (χ1) is 13.3. The molecule has 0 fully saturated rings. The van der Waals surface area contributed by atoms with Gasteiger partial charge in [-0.15, -0.1) is 0 Å². The Bertz CT molecular complexity index is 1020. The molecule has 0 bridgehead atoms. The van der Waals surface area contributed by atoms with Gasteiger partial charge in [0.05, 0.1) is 17.9 Å². The molecule has 0 spiro atoms. The monoisotopic (exact) mass is 353 g/mol. The maximum absolute atomic E-state index is 13.6. The van der Waals surface area contributed by atoms with E-state index in [2.05, 4.69) is 4.98 Å². The highest BCUT2D eigenvalue weighted by molar-refractivity contribution is 6.52. The molecule has 0 atom stereocenters. The first-order valence-electron chi connectivity index (χ1n) is 8.85. The minimum Gasteiger partial charge on any atom is -0.380 e. The standard InChI is InChI=1S/C24H19NO2/c1-27-16-19-21(17-10-4-2-5-11-17)22(18-12-6-3-7-13-18)24(26)23(19)20-14-8-9-15-25-20/h2-15H,16H2,1H3. The maximum atomic E-state index is 13.6. The zero-order valence-electron chi connectivity index (χ0n) is 15.1. The van der Waals surface area contributed by atoms with Gasteiger partial charge in [-0.1, -0.05) is 66.7 Å². The van der Waals surface area contributed by atoms with E-state index in [0.29, 0.717) is 23.4 Å². The number of carbonyl (C=O) groups is 1. The molecule has 4 rings (SSSR count). The Hall–Kier alpha value is -3.30. The molecule has 0 amide bonds. The van der Waals surface area contributed by atoms with E-state index in [1.807, 2.05) is 78.9 Å². The van der Waals surface area contributed by atoms with E-state index in [0.717, 1.165) is 22.3 Å². The molecule has 0 saturated heterocycles. The van der Waals surface area contributed by atoms with Gasteiger partial charge in [-0.3, -0.25) is 9.78 Å². The second-order valence-corrected chi connectivity index (χ2v) is 6.31. The Morgan fingerprint density at radius 3 is 1.89 bits per heavy atom. The summed E-state index contributed by atoms with van der Waals surface area (Å²) in [6, 6.07) is 25.4. The van der Waals surface area contributed by atoms with Crippen LogP contribution in [0.2, 0.25) is 0 Å². The molecule has 2 aromatic carbocycles. The molecule has 0 N–H and O–H groups in total. The molecular formula is C24H19NO2. The van der Waals surface area contributed by atoms with Gasteiger partial charge in [-0.2, -0.15) is 0 Å². The van der Waals surface area contributed by atoms with Crippen LogP contribution in [0.1, 0.15) is 16.8 Å². The van der Waals surface area contributed by atoms with Crippen molar-refractivity contribution in [2.45, 2.75) is 0 Å². The Morgan fingerprint density at radius 2 is 1.33 bits per heavy atom. The second kappa shape index (κ2) is 7.52. The van der Waals surface area contributed by atoms with Gasteiger partial charge in [0.15, 0.2) is 5.78 Å². The lowest BCUT2D eigenvalue weighted by Crippen LogP contribution is -2.04. The van der Waals surface area contributed by atoms with Crippen molar-refractivity contribution >= 4 is 22.5 Å². The van der Waals surface area contributed by atoms with Gasteiger partial charge >= 0.3 is 0 Å². The zero-order chi connectivity index (χ0) is 18.6. The van der Waals surface area contributed by atoms with Gasteiger partial charge in [-0.05, 0) is 34.4 Å². The first kappa shape index (κ1) is 17.1. The third kappa shape index (κ3) is 3.14. The molecule has 3 aromatic rings. The molecule has 132 valence electrons. The third-order valence-electron chi connectivity index (χ3n) is 4.64. The van der Waals surface area contributed by atoms with Crippen molar-refractivity contribution in [1.29, 1.82) is 0 Å². The SMILES string of the molecule is COCC1=C(c2ccccn2)C(=O)C(c2ccccc2)=C1c1ccccc1. The number of ether oxygens (including phenoxy) is 1. The van der Waals surface area contributed by atoms with Gasteiger partial charge in [0.2, 0.25) is 0 Å². The van der Waals surface area contributed by atoms with Crippen LogP contribution >= 0.6 is 0 Å². The number of rotatable bonds is 5. The average molecular weight is 353 g/mol. The quantitative estimate of drug-likeness (QED) is 0.669. The fourth-order valence-electron chi connectivity index (χ4n) is 3.53. The lowest BCUT2D eigenvalue weighted by molar-refractivity contribution is -0.108. The Morgan fingerprint density at radius 1 is 0.741 bits per heavy atom. The summed E-state index contributed by atoms with van der Waals surface area (Å²) >= 11 is 0. The van der Waals surface area contributed by atoms with Crippen LogP contribution in [-0.4, -0.2) is 24.5 Å². The number of Topliss-reactive ketones (excluding diaryl/α,β-unsaturated/α-hetero) is 1. The van der Waals surface area contributed by atoms with E-state index >= 15 is 0 Å². The highest BCUT2D eigenvalue weighted by Gasteiger charge is 2.34. The summed E-state index contributed by atoms with van der Waals surface area (Å²) in [4.78, 5) is 18.0. The lowest BCUT2D eigenvalue weighted by Gasteiger charge is -2.12. The van der Waals surface area contributed by atoms with Crippen molar-refractivity contribution in [2.24, 2.45) is 0 Å². The van der Waals surface area contributed by atoms with Crippen molar-refractivity contribution in [3.8, 4) is 0 Å². The number of ketones is 1. The molecule has 0 saturated carbocycles. The summed E-state index contributed by atoms with van der Waals surface area (Å²) in [6.45, 7) is 0.345. The van der Waals surface area contributed by atoms with E-state index in [1.54, 1.807) is 13.3 Å². The Kier molecular flexibility index (Phi) is 4.77. The molecule has 3 nitrogen and oxygen atoms in total. The van der Waals surface area contributed by atoms with Crippen LogP contribution in [0.15, 0.2) is 90.6 Å². The van der Waals surface area contributed by atoms with E-state index < -0.39 is 0 Å². The van der Waals surface area contributed by atoms with Crippen LogP contribution < -0.4 is 0 Å². The minimum absolute atomic E-state index is 0.00852. The van der Waals surface area contributed by atoms with Crippen LogP contribution in [0.5, 0.6) is 0 Å². The second-order valence-electron chi connectivity index (χ2n) is 6.31. The molecule has 1 aliphatic rings. The van der Waals surface area contributed by atoms with Crippen LogP contribution in [0.3, 0.4) is 0 Å². The normalized spacial score (nSPS) is 14.2. The number of nitrogens with zero attached hydrogens (tertiary/aromatic N) is 1. The van der Waals surface area contributed by atoms with Gasteiger partial charge in [0.1, 0.15) is 0 Å². The molecule has 1 aromatic heterocycles. The molecule has 1 heterocycles. The van der Waals surface area contributed by atoms with Gasteiger partial charge in [-0.25, -0.2) is 0 Å². The summed E-state index contributed by atoms with van der Waals surface area (Å²) < 4.78 is 5.49. The van der Waals surface area contributed by atoms with E-state index in [9.17, 15) is 4.79 Å². The van der Waals surface area contributed by atoms with E-state index in [4.69, 9.17) is 4.74 Å². The Balaban J connectivity index is 2.01. The van der Waals surface area contributed by atoms with Crippen molar-refractivity contribution in [1.82, 2.24) is 4.98 Å². The molecule has 0 aliphatic heterocycles. The highest BCUT2D eigenvalue weighted by Crippen LogP contribution is 2.44. The molecular weight excluding hydrogens is 334 g/mol. The fraction of sp³-hybridized carbons (Fsp3) is 0.0833. The predicted octanol–water partition coefficient (Wildman–Crippen LogP) is 4.68. The van der Waals surface area contributed by atoms with Crippen LogP contribution in [0, 0.1) is 0 Å². The summed E-state index contributed by atoms with van der Waals surface area (Å²) in [5.74, 6) is -0.00852. The number of allylic oxidation sites excluding steroid dienone is 2. The van der Waals surface area contributed by atoms with Gasteiger partial charge in [0, 0.05) is 18.9 Å². The van der Waals surface area contributed by atoms with Crippen LogP contribution in [-0.2, 0) is 9.53 Å². The largest absolute Gasteiger partial charge is 0.380 e. The molecule has 0 radical (unpaired) electrons. The molecule has 27 heavy (non-hydrogen) atoms. The van der Waals surface area contributed by atoms with Gasteiger partial charge < -0.3 is 4.74 Å². The smallest absolute Gasteiger partial charge is 0.196 e. The maximum Gasteiger partial charge on any atom is 0.196 e. The van der Waals surface area contributed by atoms with E-state index in [1.165, 1.54) is 0 Å². The summed E-state index contributed by atoms with van der Waals surface area (Å²) in [6.07, 6.45) is 1.71. The summed E-state index contributed by atoms with van der Waals surface area (Å²) in [5.41, 5.74) is 5.71. The van der Waals surface area contributed by atoms with Crippen molar-refractivity contribution in [2.75, 3.05) is 13.7 Å². The predicted molar refractivity (Wildman–Crippen MR) is 108 cm³/mol. The summed E-state index contributed by atoms with van der Waals surface area (Å²) in [5, 5.41) is 0. The number of hydrogen-bond acceptors (Lipinski definition) is 3. The highest BCUT2D eigenvalue weighted by atomic mass is 16.5. The first-order valence-corrected chi connectivity index (χ1v) is 8.85. The summed E-state index contributed by atoms with van der Waals surface area (Å²) in [7, 11) is 1.65. The molecule has 1 aliphatic carbocycles. The lowest BCUT2D eigenvalue weighted by atomic mass is 9.93. The fourth-order valence-corrected chi connectivity index (χ4v) is 3.53. The van der Waals surface area contributed by atoms with Crippen LogP contribution in [0.4, 0.5) is 0 Å². The van der Waals surface area contributed by atoms with Crippen molar-refractivity contribution < 1.29 is 9.53 Å². The van der Waals surface area contributed by atoms with Crippen LogP contribution in [0.25, 0.3) is 16.7 Å². The number of hydrogen-bond donors (Lipinski definition) is 0.